The maximum absolute atomic E-state index is 5.36. The van der Waals surface area contributed by atoms with Gasteiger partial charge >= 0.3 is 0 Å². The number of fused-ring (bicyclic) bond motifs is 1. The molecule has 0 saturated carbocycles. The van der Waals surface area contributed by atoms with Crippen molar-refractivity contribution in [3.63, 3.8) is 0 Å². The number of benzene rings is 1. The molecule has 0 unspecified atom stereocenters. The van der Waals surface area contributed by atoms with E-state index in [2.05, 4.69) is 70.8 Å². The first kappa shape index (κ1) is 20.8. The summed E-state index contributed by atoms with van der Waals surface area (Å²) in [5.41, 5.74) is 6.65. The van der Waals surface area contributed by atoms with Crippen molar-refractivity contribution in [2.45, 2.75) is 25.7 Å². The van der Waals surface area contributed by atoms with Crippen molar-refractivity contribution in [3.05, 3.63) is 41.6 Å². The van der Waals surface area contributed by atoms with Gasteiger partial charge < -0.3 is 15.0 Å². The summed E-state index contributed by atoms with van der Waals surface area (Å²) in [6, 6.07) is 8.52. The number of morpholine rings is 1. The molecular formula is C21H31N5OS. The molecule has 0 spiro atoms. The van der Waals surface area contributed by atoms with Gasteiger partial charge in [0.1, 0.15) is 0 Å². The highest BCUT2D eigenvalue weighted by molar-refractivity contribution is 7.80. The smallest absolute Gasteiger partial charge is 0.186 e. The molecule has 0 radical (unpaired) electrons. The first-order chi connectivity index (χ1) is 13.5. The maximum Gasteiger partial charge on any atom is 0.186 e. The first-order valence-electron chi connectivity index (χ1n) is 9.91. The lowest BCUT2D eigenvalue weighted by Crippen LogP contribution is -2.39. The summed E-state index contributed by atoms with van der Waals surface area (Å²) in [5, 5.41) is 8.02. The Hall–Kier alpha value is -1.96. The van der Waals surface area contributed by atoms with E-state index in [4.69, 9.17) is 17.0 Å². The molecule has 0 aromatic heterocycles. The molecule has 0 bridgehead atoms. The third-order valence-electron chi connectivity index (χ3n) is 5.45. The predicted octanol–water partition coefficient (Wildman–Crippen LogP) is 2.47. The van der Waals surface area contributed by atoms with Crippen LogP contribution in [0.4, 0.5) is 5.69 Å². The Bertz CT molecular complexity index is 740. The molecule has 6 nitrogen and oxygen atoms in total. The van der Waals surface area contributed by atoms with E-state index in [1.807, 2.05) is 6.08 Å². The Kier molecular flexibility index (Phi) is 7.04. The minimum Gasteiger partial charge on any atom is -0.379 e. The van der Waals surface area contributed by atoms with Gasteiger partial charge in [0.25, 0.3) is 0 Å². The average Bonchev–Trinajstić information content (AvgIpc) is 2.90. The molecule has 3 rings (SSSR count). The quantitative estimate of drug-likeness (QED) is 0.331. The van der Waals surface area contributed by atoms with Gasteiger partial charge in [-0.2, -0.15) is 5.10 Å². The van der Waals surface area contributed by atoms with Crippen molar-refractivity contribution in [1.82, 2.24) is 15.6 Å². The van der Waals surface area contributed by atoms with Gasteiger partial charge in [0.2, 0.25) is 0 Å². The number of nitrogens with one attached hydrogen (secondary N) is 2. The average molecular weight is 402 g/mol. The van der Waals surface area contributed by atoms with Crippen LogP contribution >= 0.6 is 12.2 Å². The number of hydrogen-bond acceptors (Lipinski definition) is 5. The second kappa shape index (κ2) is 9.49. The number of anilines is 1. The number of hydrogen-bond donors (Lipinski definition) is 2. The summed E-state index contributed by atoms with van der Waals surface area (Å²) in [5.74, 6) is 0. The predicted molar refractivity (Wildman–Crippen MR) is 120 cm³/mol. The third-order valence-corrected chi connectivity index (χ3v) is 5.69. The van der Waals surface area contributed by atoms with Crippen LogP contribution in [-0.2, 0) is 10.2 Å². The maximum atomic E-state index is 5.36. The van der Waals surface area contributed by atoms with E-state index in [9.17, 15) is 0 Å². The van der Waals surface area contributed by atoms with Crippen LogP contribution in [-0.4, -0.2) is 62.7 Å². The van der Waals surface area contributed by atoms with Crippen LogP contribution in [0.25, 0.3) is 0 Å². The van der Waals surface area contributed by atoms with Crippen LogP contribution in [0.5, 0.6) is 0 Å². The van der Waals surface area contributed by atoms with Gasteiger partial charge in [-0.05, 0) is 42.9 Å². The van der Waals surface area contributed by atoms with E-state index in [-0.39, 0.29) is 5.41 Å². The molecule has 152 valence electrons. The number of thiocarbonyl (C=S) groups is 1. The van der Waals surface area contributed by atoms with Gasteiger partial charge in [0, 0.05) is 49.7 Å². The molecule has 28 heavy (non-hydrogen) atoms. The van der Waals surface area contributed by atoms with Crippen molar-refractivity contribution in [2.24, 2.45) is 5.10 Å². The van der Waals surface area contributed by atoms with Gasteiger partial charge in [-0.3, -0.25) is 10.3 Å². The zero-order chi connectivity index (χ0) is 20.0. The molecule has 2 aliphatic rings. The molecule has 2 aliphatic heterocycles. The topological polar surface area (TPSA) is 52.1 Å². The molecule has 2 heterocycles. The van der Waals surface area contributed by atoms with E-state index in [0.717, 1.165) is 45.8 Å². The Morgan fingerprint density at radius 3 is 2.79 bits per heavy atom. The van der Waals surface area contributed by atoms with Crippen molar-refractivity contribution < 1.29 is 4.74 Å². The first-order valence-corrected chi connectivity index (χ1v) is 10.3. The van der Waals surface area contributed by atoms with Crippen LogP contribution in [0.2, 0.25) is 0 Å². The molecule has 1 aromatic rings. The fourth-order valence-electron chi connectivity index (χ4n) is 3.87. The lowest BCUT2D eigenvalue weighted by Gasteiger charge is -2.26. The van der Waals surface area contributed by atoms with Crippen LogP contribution in [0, 0.1) is 0 Å². The number of allylic oxidation sites excluding steroid dienone is 2. The fraction of sp³-hybridized carbons (Fsp3) is 0.524. The molecule has 2 N–H and O–H groups in total. The van der Waals surface area contributed by atoms with E-state index < -0.39 is 0 Å². The van der Waals surface area contributed by atoms with Gasteiger partial charge in [0.15, 0.2) is 5.11 Å². The van der Waals surface area contributed by atoms with Crippen molar-refractivity contribution in [2.75, 3.05) is 51.3 Å². The number of likely N-dealkylation sites (N-methyl/N-ethyl adjacent to an activating group) is 1. The van der Waals surface area contributed by atoms with Crippen LogP contribution in [0.15, 0.2) is 41.1 Å². The molecule has 0 atom stereocenters. The summed E-state index contributed by atoms with van der Waals surface area (Å²) in [6.45, 7) is 10.1. The van der Waals surface area contributed by atoms with Crippen LogP contribution in [0.1, 0.15) is 25.8 Å². The summed E-state index contributed by atoms with van der Waals surface area (Å²) >= 11 is 5.30. The summed E-state index contributed by atoms with van der Waals surface area (Å²) in [6.07, 6.45) is 4.88. The fourth-order valence-corrected chi connectivity index (χ4v) is 4.03. The molecule has 0 amide bonds. The minimum atomic E-state index is -0.0460. The summed E-state index contributed by atoms with van der Waals surface area (Å²) in [4.78, 5) is 4.65. The Morgan fingerprint density at radius 2 is 2.04 bits per heavy atom. The van der Waals surface area contributed by atoms with Crippen molar-refractivity contribution in [3.8, 4) is 0 Å². The van der Waals surface area contributed by atoms with Gasteiger partial charge in [-0.15, -0.1) is 0 Å². The number of hydrazone groups is 1. The number of nitrogens with zero attached hydrogens (tertiary/aromatic N) is 3. The monoisotopic (exact) mass is 401 g/mol. The minimum absolute atomic E-state index is 0.0460. The Balaban J connectivity index is 1.42. The van der Waals surface area contributed by atoms with E-state index in [0.29, 0.717) is 5.11 Å². The molecule has 1 fully saturated rings. The lowest BCUT2D eigenvalue weighted by molar-refractivity contribution is 0.0376. The van der Waals surface area contributed by atoms with Crippen LogP contribution in [0.3, 0.4) is 0 Å². The van der Waals surface area contributed by atoms with Crippen LogP contribution < -0.4 is 15.6 Å². The highest BCUT2D eigenvalue weighted by atomic mass is 32.1. The normalized spacial score (nSPS) is 20.5. The van der Waals surface area contributed by atoms with E-state index >= 15 is 0 Å². The summed E-state index contributed by atoms with van der Waals surface area (Å²) < 4.78 is 5.36. The number of para-hydroxylation sites is 1. The largest absolute Gasteiger partial charge is 0.379 e. The molecule has 1 saturated heterocycles. The molecular weight excluding hydrogens is 370 g/mol. The number of rotatable bonds is 6. The van der Waals surface area contributed by atoms with Gasteiger partial charge in [-0.1, -0.05) is 32.0 Å². The molecule has 7 heteroatoms. The molecule has 1 aromatic carbocycles. The summed E-state index contributed by atoms with van der Waals surface area (Å²) in [7, 11) is 2.10. The zero-order valence-electron chi connectivity index (χ0n) is 17.1. The standard InChI is InChI=1S/C21H31N5OS/c1-21(2)17-7-4-5-8-18(17)25(3)19(21)9-11-23-24-20(28)22-10-6-12-26-13-15-27-16-14-26/h4-5,7-9,11H,6,10,12-16H2,1-3H3,(H2,22,24,28)/b19-9-,23-11-. The van der Waals surface area contributed by atoms with Gasteiger partial charge in [-0.25, -0.2) is 0 Å². The molecule has 0 aliphatic carbocycles. The highest BCUT2D eigenvalue weighted by Crippen LogP contribution is 2.46. The number of ether oxygens (including phenoxy) is 1. The SMILES string of the molecule is CN1/C(=C\C=N/NC(=S)NCCCN2CCOCC2)C(C)(C)c2ccccc21. The van der Waals surface area contributed by atoms with E-state index in [1.165, 1.54) is 16.9 Å². The second-order valence-electron chi connectivity index (χ2n) is 7.71. The van der Waals surface area contributed by atoms with Gasteiger partial charge in [0.05, 0.1) is 13.2 Å². The lowest BCUT2D eigenvalue weighted by atomic mass is 9.84. The Morgan fingerprint density at radius 1 is 1.29 bits per heavy atom. The van der Waals surface area contributed by atoms with E-state index in [1.54, 1.807) is 6.21 Å². The highest BCUT2D eigenvalue weighted by Gasteiger charge is 2.37. The van der Waals surface area contributed by atoms with Crippen molar-refractivity contribution in [1.29, 1.82) is 0 Å². The second-order valence-corrected chi connectivity index (χ2v) is 8.11. The van der Waals surface area contributed by atoms with Crippen molar-refractivity contribution >= 4 is 29.2 Å². The Labute approximate surface area is 173 Å². The zero-order valence-corrected chi connectivity index (χ0v) is 17.9. The third kappa shape index (κ3) is 4.90.